The number of rotatable bonds is 3. The minimum absolute atomic E-state index is 0.526. The second kappa shape index (κ2) is 6.23. The van der Waals surface area contributed by atoms with Crippen LogP contribution in [0, 0.1) is 5.92 Å². The molecule has 1 saturated heterocycles. The second-order valence-corrected chi connectivity index (χ2v) is 6.69. The van der Waals surface area contributed by atoms with E-state index in [4.69, 9.17) is 18.0 Å². The van der Waals surface area contributed by atoms with Crippen molar-refractivity contribution in [1.29, 1.82) is 0 Å². The lowest BCUT2D eigenvalue weighted by Gasteiger charge is -2.44. The average Bonchev–Trinajstić information content (AvgIpc) is 2.48. The van der Waals surface area contributed by atoms with Crippen LogP contribution < -0.4 is 5.73 Å². The van der Waals surface area contributed by atoms with E-state index in [-0.39, 0.29) is 0 Å². The lowest BCUT2D eigenvalue weighted by atomic mass is 9.78. The highest BCUT2D eigenvalue weighted by Crippen LogP contribution is 2.36. The summed E-state index contributed by atoms with van der Waals surface area (Å²) in [7, 11) is 0. The van der Waals surface area contributed by atoms with E-state index in [1.165, 1.54) is 50.6 Å². The van der Waals surface area contributed by atoms with Gasteiger partial charge in [0, 0.05) is 18.2 Å². The van der Waals surface area contributed by atoms with Crippen molar-refractivity contribution < 1.29 is 0 Å². The van der Waals surface area contributed by atoms with Crippen molar-refractivity contribution in [2.24, 2.45) is 11.7 Å². The molecule has 0 radical (unpaired) electrons. The normalized spacial score (nSPS) is 27.0. The summed E-state index contributed by atoms with van der Waals surface area (Å²) in [6, 6.07) is 9.15. The van der Waals surface area contributed by atoms with Crippen LogP contribution in [0.4, 0.5) is 0 Å². The second-order valence-electron chi connectivity index (χ2n) is 6.25. The Morgan fingerprint density at radius 1 is 1.15 bits per heavy atom. The predicted octanol–water partition coefficient (Wildman–Crippen LogP) is 3.48. The molecule has 1 heterocycles. The highest BCUT2D eigenvalue weighted by atomic mass is 32.1. The zero-order chi connectivity index (χ0) is 13.9. The number of likely N-dealkylation sites (tertiary alicyclic amines) is 1. The number of benzene rings is 1. The first-order valence-electron chi connectivity index (χ1n) is 7.87. The molecule has 3 rings (SSSR count). The van der Waals surface area contributed by atoms with E-state index in [0.29, 0.717) is 4.99 Å². The summed E-state index contributed by atoms with van der Waals surface area (Å²) in [6.07, 6.45) is 8.40. The Kier molecular flexibility index (Phi) is 4.37. The highest BCUT2D eigenvalue weighted by molar-refractivity contribution is 7.80. The first-order chi connectivity index (χ1) is 9.75. The summed E-state index contributed by atoms with van der Waals surface area (Å²) in [4.78, 5) is 3.21. The number of nitrogens with two attached hydrogens (primary N) is 1. The van der Waals surface area contributed by atoms with E-state index in [2.05, 4.69) is 23.1 Å². The van der Waals surface area contributed by atoms with Gasteiger partial charge in [-0.15, -0.1) is 0 Å². The Hall–Kier alpha value is -0.930. The average molecular weight is 288 g/mol. The van der Waals surface area contributed by atoms with Gasteiger partial charge in [0.15, 0.2) is 0 Å². The Labute approximate surface area is 127 Å². The molecule has 1 saturated carbocycles. The molecule has 108 valence electrons. The number of thiocarbonyl (C=S) groups is 1. The fraction of sp³-hybridized carbons (Fsp3) is 0.588. The summed E-state index contributed by atoms with van der Waals surface area (Å²) >= 11 is 5.19. The SMILES string of the molecule is NC(=S)c1ccccc1CN1CCCC2CCCCC21. The highest BCUT2D eigenvalue weighted by Gasteiger charge is 2.33. The fourth-order valence-corrected chi connectivity index (χ4v) is 4.24. The maximum absolute atomic E-state index is 5.86. The van der Waals surface area contributed by atoms with Gasteiger partial charge in [-0.05, 0) is 43.7 Å². The molecule has 2 aliphatic rings. The van der Waals surface area contributed by atoms with Crippen LogP contribution in [0.25, 0.3) is 0 Å². The smallest absolute Gasteiger partial charge is 0.104 e. The number of hydrogen-bond donors (Lipinski definition) is 1. The summed E-state index contributed by atoms with van der Waals surface area (Å²) < 4.78 is 0. The maximum Gasteiger partial charge on any atom is 0.104 e. The molecule has 2 unspecified atom stereocenters. The van der Waals surface area contributed by atoms with Crippen molar-refractivity contribution in [3.05, 3.63) is 35.4 Å². The van der Waals surface area contributed by atoms with Gasteiger partial charge in [-0.2, -0.15) is 0 Å². The van der Waals surface area contributed by atoms with Gasteiger partial charge in [0.05, 0.1) is 0 Å². The van der Waals surface area contributed by atoms with Crippen LogP contribution in [0.15, 0.2) is 24.3 Å². The fourth-order valence-electron chi connectivity index (χ4n) is 4.04. The molecule has 3 heteroatoms. The van der Waals surface area contributed by atoms with Crippen LogP contribution in [0.2, 0.25) is 0 Å². The third-order valence-corrected chi connectivity index (χ3v) is 5.23. The molecule has 1 aliphatic carbocycles. The molecule has 20 heavy (non-hydrogen) atoms. The molecule has 0 amide bonds. The van der Waals surface area contributed by atoms with E-state index < -0.39 is 0 Å². The van der Waals surface area contributed by atoms with Crippen molar-refractivity contribution in [1.82, 2.24) is 4.90 Å². The molecule has 1 aromatic carbocycles. The Morgan fingerprint density at radius 3 is 2.75 bits per heavy atom. The monoisotopic (exact) mass is 288 g/mol. The molecule has 0 spiro atoms. The molecule has 0 aromatic heterocycles. The summed E-state index contributed by atoms with van der Waals surface area (Å²) in [5.74, 6) is 0.925. The standard InChI is InChI=1S/C17H24N2S/c18-17(20)15-9-3-1-7-14(15)12-19-11-5-8-13-6-2-4-10-16(13)19/h1,3,7,9,13,16H,2,4-6,8,10-12H2,(H2,18,20). The summed E-state index contributed by atoms with van der Waals surface area (Å²) in [5.41, 5.74) is 8.22. The third kappa shape index (κ3) is 2.89. The zero-order valence-corrected chi connectivity index (χ0v) is 12.9. The Morgan fingerprint density at radius 2 is 1.90 bits per heavy atom. The van der Waals surface area contributed by atoms with Gasteiger partial charge < -0.3 is 5.73 Å². The first kappa shape index (κ1) is 14.0. The van der Waals surface area contributed by atoms with Crippen molar-refractivity contribution in [2.45, 2.75) is 51.1 Å². The Balaban J connectivity index is 1.78. The lowest BCUT2D eigenvalue weighted by molar-refractivity contribution is 0.0547. The van der Waals surface area contributed by atoms with Gasteiger partial charge in [-0.1, -0.05) is 49.3 Å². The van der Waals surface area contributed by atoms with E-state index >= 15 is 0 Å². The molecule has 2 atom stereocenters. The van der Waals surface area contributed by atoms with Gasteiger partial charge in [-0.3, -0.25) is 4.90 Å². The van der Waals surface area contributed by atoms with Crippen LogP contribution >= 0.6 is 12.2 Å². The van der Waals surface area contributed by atoms with Gasteiger partial charge in [-0.25, -0.2) is 0 Å². The van der Waals surface area contributed by atoms with Crippen LogP contribution in [0.3, 0.4) is 0 Å². The number of nitrogens with zero attached hydrogens (tertiary/aromatic N) is 1. The van der Waals surface area contributed by atoms with Crippen molar-refractivity contribution in [2.75, 3.05) is 6.54 Å². The van der Waals surface area contributed by atoms with Crippen molar-refractivity contribution >= 4 is 17.2 Å². The van der Waals surface area contributed by atoms with Crippen LogP contribution in [0.5, 0.6) is 0 Å². The van der Waals surface area contributed by atoms with Gasteiger partial charge in [0.1, 0.15) is 4.99 Å². The van der Waals surface area contributed by atoms with Crippen molar-refractivity contribution in [3.8, 4) is 0 Å². The molecule has 2 nitrogen and oxygen atoms in total. The predicted molar refractivity (Wildman–Crippen MR) is 87.7 cm³/mol. The number of hydrogen-bond acceptors (Lipinski definition) is 2. The molecular weight excluding hydrogens is 264 g/mol. The van der Waals surface area contributed by atoms with Crippen LogP contribution in [-0.4, -0.2) is 22.5 Å². The summed E-state index contributed by atoms with van der Waals surface area (Å²) in [5, 5.41) is 0. The quantitative estimate of drug-likeness (QED) is 0.864. The minimum Gasteiger partial charge on any atom is -0.389 e. The summed E-state index contributed by atoms with van der Waals surface area (Å²) in [6.45, 7) is 2.24. The molecule has 1 aliphatic heterocycles. The maximum atomic E-state index is 5.86. The van der Waals surface area contributed by atoms with Gasteiger partial charge in [0.25, 0.3) is 0 Å². The van der Waals surface area contributed by atoms with E-state index in [1.807, 2.05) is 6.07 Å². The van der Waals surface area contributed by atoms with Gasteiger partial charge >= 0.3 is 0 Å². The number of fused-ring (bicyclic) bond motifs is 1. The first-order valence-corrected chi connectivity index (χ1v) is 8.28. The molecule has 0 bridgehead atoms. The minimum atomic E-state index is 0.526. The largest absolute Gasteiger partial charge is 0.389 e. The third-order valence-electron chi connectivity index (χ3n) is 5.01. The Bertz CT molecular complexity index is 484. The number of piperidine rings is 1. The topological polar surface area (TPSA) is 29.3 Å². The molecule has 2 N–H and O–H groups in total. The van der Waals surface area contributed by atoms with E-state index in [1.54, 1.807) is 0 Å². The van der Waals surface area contributed by atoms with Crippen molar-refractivity contribution in [3.63, 3.8) is 0 Å². The molecular formula is C17H24N2S. The van der Waals surface area contributed by atoms with E-state index in [9.17, 15) is 0 Å². The molecule has 2 fully saturated rings. The van der Waals surface area contributed by atoms with E-state index in [0.717, 1.165) is 24.1 Å². The molecule has 1 aromatic rings. The zero-order valence-electron chi connectivity index (χ0n) is 12.1. The van der Waals surface area contributed by atoms with Crippen LogP contribution in [0.1, 0.15) is 49.7 Å². The van der Waals surface area contributed by atoms with Gasteiger partial charge in [0.2, 0.25) is 0 Å². The lowest BCUT2D eigenvalue weighted by Crippen LogP contribution is -2.46. The van der Waals surface area contributed by atoms with Crippen LogP contribution in [-0.2, 0) is 6.54 Å².